The molecule has 0 aliphatic carbocycles. The minimum atomic E-state index is 0.546. The van der Waals surface area contributed by atoms with Gasteiger partial charge in [0.25, 0.3) is 5.22 Å². The number of rotatable bonds is 3. The van der Waals surface area contributed by atoms with Crippen LogP contribution in [0.5, 0.6) is 0 Å². The molecule has 2 heterocycles. The van der Waals surface area contributed by atoms with E-state index in [2.05, 4.69) is 9.97 Å². The highest BCUT2D eigenvalue weighted by atomic mass is 32.2. The van der Waals surface area contributed by atoms with Gasteiger partial charge in [-0.2, -0.15) is 0 Å². The Morgan fingerprint density at radius 3 is 2.93 bits per heavy atom. The van der Waals surface area contributed by atoms with E-state index in [4.69, 9.17) is 4.42 Å². The second-order valence-corrected chi connectivity index (χ2v) is 3.85. The number of aldehydes is 1. The fraction of sp³-hybridized carbons (Fsp3) is 0.100. The van der Waals surface area contributed by atoms with Crippen molar-refractivity contribution in [3.63, 3.8) is 0 Å². The van der Waals surface area contributed by atoms with Crippen molar-refractivity contribution in [1.82, 2.24) is 9.97 Å². The first-order valence-corrected chi connectivity index (χ1v) is 5.10. The van der Waals surface area contributed by atoms with Crippen molar-refractivity contribution in [2.45, 2.75) is 17.2 Å². The van der Waals surface area contributed by atoms with E-state index in [0.29, 0.717) is 10.8 Å². The highest BCUT2D eigenvalue weighted by molar-refractivity contribution is 7.99. The first-order chi connectivity index (χ1) is 7.29. The van der Waals surface area contributed by atoms with E-state index < -0.39 is 0 Å². The Hall–Kier alpha value is -1.62. The number of aromatic nitrogens is 2. The lowest BCUT2D eigenvalue weighted by Crippen LogP contribution is -1.89. The highest BCUT2D eigenvalue weighted by Gasteiger charge is 2.06. The molecule has 0 fully saturated rings. The summed E-state index contributed by atoms with van der Waals surface area (Å²) in [5.41, 5.74) is 1.51. The molecule has 0 bridgehead atoms. The van der Waals surface area contributed by atoms with Gasteiger partial charge in [-0.3, -0.25) is 4.79 Å². The standard InChI is InChI=1S/C10H8N2O2S/c1-7-4-8(6-13)5-12-9(7)15-10-11-2-3-14-10/h2-6H,1H3. The average molecular weight is 220 g/mol. The molecule has 0 radical (unpaired) electrons. The lowest BCUT2D eigenvalue weighted by Gasteiger charge is -2.01. The van der Waals surface area contributed by atoms with Gasteiger partial charge in [-0.25, -0.2) is 9.97 Å². The molecule has 5 heteroatoms. The van der Waals surface area contributed by atoms with E-state index in [-0.39, 0.29) is 0 Å². The predicted molar refractivity (Wildman–Crippen MR) is 55.0 cm³/mol. The predicted octanol–water partition coefficient (Wildman–Crippen LogP) is 2.34. The van der Waals surface area contributed by atoms with Gasteiger partial charge in [-0.15, -0.1) is 0 Å². The van der Waals surface area contributed by atoms with Crippen molar-refractivity contribution < 1.29 is 9.21 Å². The molecule has 2 rings (SSSR count). The number of carbonyl (C=O) groups excluding carboxylic acids is 1. The Morgan fingerprint density at radius 1 is 1.47 bits per heavy atom. The van der Waals surface area contributed by atoms with Crippen LogP contribution < -0.4 is 0 Å². The largest absolute Gasteiger partial charge is 0.440 e. The minimum Gasteiger partial charge on any atom is -0.440 e. The molecule has 0 atom stereocenters. The summed E-state index contributed by atoms with van der Waals surface area (Å²) in [6.07, 6.45) is 5.40. The molecular formula is C10H8N2O2S. The van der Waals surface area contributed by atoms with Crippen LogP contribution in [0.25, 0.3) is 0 Å². The smallest absolute Gasteiger partial charge is 0.261 e. The minimum absolute atomic E-state index is 0.546. The molecule has 2 aromatic heterocycles. The molecule has 4 nitrogen and oxygen atoms in total. The maximum atomic E-state index is 10.5. The van der Waals surface area contributed by atoms with Crippen molar-refractivity contribution in [2.24, 2.45) is 0 Å². The maximum Gasteiger partial charge on any atom is 0.261 e. The van der Waals surface area contributed by atoms with Crippen molar-refractivity contribution in [2.75, 3.05) is 0 Å². The maximum absolute atomic E-state index is 10.5. The average Bonchev–Trinajstić information content (AvgIpc) is 2.74. The van der Waals surface area contributed by atoms with Crippen LogP contribution in [0.1, 0.15) is 15.9 Å². The van der Waals surface area contributed by atoms with E-state index in [9.17, 15) is 4.79 Å². The zero-order valence-corrected chi connectivity index (χ0v) is 8.82. The Balaban J connectivity index is 2.26. The SMILES string of the molecule is Cc1cc(C=O)cnc1Sc1ncco1. The van der Waals surface area contributed by atoms with Crippen LogP contribution in [0, 0.1) is 6.92 Å². The zero-order valence-electron chi connectivity index (χ0n) is 8.01. The topological polar surface area (TPSA) is 56.0 Å². The Morgan fingerprint density at radius 2 is 2.33 bits per heavy atom. The van der Waals surface area contributed by atoms with E-state index in [1.165, 1.54) is 24.2 Å². The number of nitrogens with zero attached hydrogens (tertiary/aromatic N) is 2. The molecule has 0 unspecified atom stereocenters. The van der Waals surface area contributed by atoms with Gasteiger partial charge in [0.15, 0.2) is 6.29 Å². The first-order valence-electron chi connectivity index (χ1n) is 4.29. The fourth-order valence-electron chi connectivity index (χ4n) is 1.10. The van der Waals surface area contributed by atoms with Crippen LogP contribution in [0.2, 0.25) is 0 Å². The van der Waals surface area contributed by atoms with Gasteiger partial charge in [0.2, 0.25) is 0 Å². The van der Waals surface area contributed by atoms with Gasteiger partial charge < -0.3 is 4.42 Å². The summed E-state index contributed by atoms with van der Waals surface area (Å²) >= 11 is 1.34. The Bertz CT molecular complexity index is 468. The lowest BCUT2D eigenvalue weighted by molar-refractivity contribution is 0.112. The van der Waals surface area contributed by atoms with Gasteiger partial charge in [0, 0.05) is 11.8 Å². The van der Waals surface area contributed by atoms with E-state index >= 15 is 0 Å². The quantitative estimate of drug-likeness (QED) is 0.743. The molecule has 2 aromatic rings. The van der Waals surface area contributed by atoms with E-state index in [0.717, 1.165) is 16.9 Å². The van der Waals surface area contributed by atoms with Crippen molar-refractivity contribution in [1.29, 1.82) is 0 Å². The Labute approximate surface area is 90.7 Å². The van der Waals surface area contributed by atoms with Crippen LogP contribution in [0.3, 0.4) is 0 Å². The zero-order chi connectivity index (χ0) is 10.7. The molecule has 0 aliphatic heterocycles. The summed E-state index contributed by atoms with van der Waals surface area (Å²) in [5.74, 6) is 0. The first kappa shape index (κ1) is 9.92. The summed E-state index contributed by atoms with van der Waals surface area (Å²) in [6.45, 7) is 1.89. The molecule has 0 N–H and O–H groups in total. The van der Waals surface area contributed by atoms with Crippen LogP contribution in [0.4, 0.5) is 0 Å². The normalized spacial score (nSPS) is 10.2. The summed E-state index contributed by atoms with van der Waals surface area (Å²) in [5, 5.41) is 1.34. The van der Waals surface area contributed by atoms with Crippen LogP contribution >= 0.6 is 11.8 Å². The second-order valence-electron chi connectivity index (χ2n) is 2.91. The van der Waals surface area contributed by atoms with Crippen molar-refractivity contribution in [3.8, 4) is 0 Å². The monoisotopic (exact) mass is 220 g/mol. The number of hydrogen-bond donors (Lipinski definition) is 0. The number of aryl methyl sites for hydroxylation is 1. The van der Waals surface area contributed by atoms with Crippen molar-refractivity contribution >= 4 is 18.0 Å². The summed E-state index contributed by atoms with van der Waals surface area (Å²) in [7, 11) is 0. The number of pyridine rings is 1. The van der Waals surface area contributed by atoms with E-state index in [1.54, 1.807) is 12.3 Å². The number of carbonyl (C=O) groups is 1. The lowest BCUT2D eigenvalue weighted by atomic mass is 10.2. The number of oxazole rings is 1. The molecule has 0 aliphatic rings. The molecule has 0 saturated carbocycles. The van der Waals surface area contributed by atoms with Gasteiger partial charge in [-0.1, -0.05) is 0 Å². The van der Waals surface area contributed by atoms with Gasteiger partial charge >= 0.3 is 0 Å². The molecule has 15 heavy (non-hydrogen) atoms. The highest BCUT2D eigenvalue weighted by Crippen LogP contribution is 2.26. The molecular weight excluding hydrogens is 212 g/mol. The third-order valence-corrected chi connectivity index (χ3v) is 2.78. The van der Waals surface area contributed by atoms with E-state index in [1.807, 2.05) is 6.92 Å². The summed E-state index contributed by atoms with van der Waals surface area (Å²) < 4.78 is 5.09. The van der Waals surface area contributed by atoms with Crippen LogP contribution in [0.15, 0.2) is 39.4 Å². The molecule has 0 aromatic carbocycles. The molecule has 0 amide bonds. The number of hydrogen-bond acceptors (Lipinski definition) is 5. The van der Waals surface area contributed by atoms with Crippen molar-refractivity contribution in [3.05, 3.63) is 35.9 Å². The third kappa shape index (κ3) is 2.24. The summed E-state index contributed by atoms with van der Waals surface area (Å²) in [6, 6.07) is 1.78. The summed E-state index contributed by atoms with van der Waals surface area (Å²) in [4.78, 5) is 18.6. The molecule has 76 valence electrons. The second kappa shape index (κ2) is 4.27. The molecule has 0 spiro atoms. The van der Waals surface area contributed by atoms with Gasteiger partial charge in [-0.05, 0) is 30.3 Å². The van der Waals surface area contributed by atoms with Crippen LogP contribution in [-0.2, 0) is 0 Å². The molecule has 0 saturated heterocycles. The Kier molecular flexibility index (Phi) is 2.82. The van der Waals surface area contributed by atoms with Crippen LogP contribution in [-0.4, -0.2) is 16.3 Å². The third-order valence-electron chi connectivity index (χ3n) is 1.78. The van der Waals surface area contributed by atoms with Gasteiger partial charge in [0.05, 0.1) is 6.20 Å². The fourth-order valence-corrected chi connectivity index (χ4v) is 1.81. The van der Waals surface area contributed by atoms with Gasteiger partial charge in [0.1, 0.15) is 11.3 Å².